The number of nitrogens with one attached hydrogen (secondary N) is 3. The number of hydrogen-bond acceptors (Lipinski definition) is 10. The van der Waals surface area contributed by atoms with Crippen LogP contribution >= 0.6 is 11.6 Å². The minimum absolute atomic E-state index is 0.00684. The van der Waals surface area contributed by atoms with E-state index in [0.29, 0.717) is 49.8 Å². The first-order valence-electron chi connectivity index (χ1n) is 11.2. The van der Waals surface area contributed by atoms with Gasteiger partial charge in [0.25, 0.3) is 11.8 Å². The van der Waals surface area contributed by atoms with Crippen LogP contribution in [-0.4, -0.2) is 87.5 Å². The number of amides is 2. The average Bonchev–Trinajstić information content (AvgIpc) is 3.43. The number of aryl methyl sites for hydroxylation is 1. The first-order chi connectivity index (χ1) is 17.0. The SMILES string of the molecule is CNc1nc(N)c(Cl)nc1C(=O)NC1=NCC2(CCN(C(=O)c3cc(S(=O)N(C)C)oc3C)CC2)N1. The number of furan rings is 1. The summed E-state index contributed by atoms with van der Waals surface area (Å²) in [6.45, 7) is 3.12. The number of piperidine rings is 1. The van der Waals surface area contributed by atoms with Crippen molar-refractivity contribution in [3.63, 3.8) is 0 Å². The zero-order valence-corrected chi connectivity index (χ0v) is 21.9. The topological polar surface area (TPSA) is 171 Å². The van der Waals surface area contributed by atoms with Crippen LogP contribution in [0.15, 0.2) is 20.6 Å². The van der Waals surface area contributed by atoms with E-state index in [2.05, 4.69) is 30.9 Å². The molecule has 0 aliphatic carbocycles. The lowest BCUT2D eigenvalue weighted by atomic mass is 9.88. The van der Waals surface area contributed by atoms with Gasteiger partial charge in [0.2, 0.25) is 5.09 Å². The molecule has 0 aromatic carbocycles. The Balaban J connectivity index is 1.36. The number of anilines is 2. The molecule has 36 heavy (non-hydrogen) atoms. The summed E-state index contributed by atoms with van der Waals surface area (Å²) in [6.07, 6.45) is 1.26. The Morgan fingerprint density at radius 2 is 2.00 bits per heavy atom. The molecule has 5 N–H and O–H groups in total. The van der Waals surface area contributed by atoms with Gasteiger partial charge in [-0.05, 0) is 33.9 Å². The molecule has 2 aromatic heterocycles. The fourth-order valence-corrected chi connectivity index (χ4v) is 4.98. The van der Waals surface area contributed by atoms with Crippen molar-refractivity contribution < 1.29 is 18.2 Å². The van der Waals surface area contributed by atoms with Crippen molar-refractivity contribution in [1.82, 2.24) is 29.8 Å². The van der Waals surface area contributed by atoms with E-state index in [4.69, 9.17) is 21.8 Å². The standard InChI is InChI=1S/C21H28ClN9O4S/c1-11-12(9-13(35-11)36(34)30(3)4)19(33)31-7-5-21(6-8-31)10-25-20(29-21)28-18(32)14-17(24-2)27-16(23)15(22)26-14/h9H,5-8,10H2,1-4H3,(H3,23,24,27)(H2,25,28,29,32). The molecule has 1 spiro atoms. The molecule has 2 amide bonds. The molecule has 4 rings (SSSR count). The summed E-state index contributed by atoms with van der Waals surface area (Å²) in [6, 6.07) is 1.55. The monoisotopic (exact) mass is 537 g/mol. The Labute approximate surface area is 215 Å². The van der Waals surface area contributed by atoms with Crippen molar-refractivity contribution >= 4 is 52.0 Å². The highest BCUT2D eigenvalue weighted by molar-refractivity contribution is 7.82. The largest absolute Gasteiger partial charge is 0.450 e. The summed E-state index contributed by atoms with van der Waals surface area (Å²) < 4.78 is 19.4. The second-order valence-corrected chi connectivity index (χ2v) is 10.7. The number of carbonyl (C=O) groups excluding carboxylic acids is 2. The van der Waals surface area contributed by atoms with Gasteiger partial charge in [0, 0.05) is 26.2 Å². The Bertz CT molecular complexity index is 1250. The molecule has 2 aliphatic rings. The predicted octanol–water partition coefficient (Wildman–Crippen LogP) is 0.604. The molecular formula is C21H28ClN9O4S. The van der Waals surface area contributed by atoms with E-state index in [0.717, 1.165) is 0 Å². The molecular weight excluding hydrogens is 510 g/mol. The molecule has 0 bridgehead atoms. The summed E-state index contributed by atoms with van der Waals surface area (Å²) in [5.41, 5.74) is 5.69. The smallest absolute Gasteiger partial charge is 0.280 e. The van der Waals surface area contributed by atoms with Gasteiger partial charge in [0.15, 0.2) is 39.4 Å². The van der Waals surface area contributed by atoms with Crippen LogP contribution in [0.4, 0.5) is 11.6 Å². The van der Waals surface area contributed by atoms with Crippen molar-refractivity contribution in [2.24, 2.45) is 4.99 Å². The van der Waals surface area contributed by atoms with Crippen molar-refractivity contribution in [3.05, 3.63) is 28.2 Å². The number of aromatic nitrogens is 2. The fraction of sp³-hybridized carbons (Fsp3) is 0.476. The zero-order valence-electron chi connectivity index (χ0n) is 20.3. The number of rotatable bonds is 5. The summed E-state index contributed by atoms with van der Waals surface area (Å²) in [5, 5.41) is 8.96. The Hall–Kier alpha value is -3.23. The van der Waals surface area contributed by atoms with Crippen LogP contribution in [0.5, 0.6) is 0 Å². The van der Waals surface area contributed by atoms with E-state index < -0.39 is 16.9 Å². The lowest BCUT2D eigenvalue weighted by Crippen LogP contribution is -2.57. The molecule has 0 saturated carbocycles. The highest BCUT2D eigenvalue weighted by atomic mass is 35.5. The molecule has 194 valence electrons. The zero-order chi connectivity index (χ0) is 26.2. The minimum atomic E-state index is -1.47. The number of hydrogen-bond donors (Lipinski definition) is 4. The van der Waals surface area contributed by atoms with Crippen LogP contribution in [0.25, 0.3) is 0 Å². The molecule has 1 unspecified atom stereocenters. The minimum Gasteiger partial charge on any atom is -0.450 e. The van der Waals surface area contributed by atoms with Gasteiger partial charge in [-0.15, -0.1) is 0 Å². The fourth-order valence-electron chi connectivity index (χ4n) is 4.08. The van der Waals surface area contributed by atoms with Gasteiger partial charge in [-0.2, -0.15) is 0 Å². The average molecular weight is 538 g/mol. The number of likely N-dealkylation sites (tertiary alicyclic amines) is 1. The number of carbonyl (C=O) groups is 2. The van der Waals surface area contributed by atoms with Crippen molar-refractivity contribution in [1.29, 1.82) is 0 Å². The molecule has 1 atom stereocenters. The molecule has 1 saturated heterocycles. The van der Waals surface area contributed by atoms with Crippen LogP contribution in [0.2, 0.25) is 5.15 Å². The molecule has 13 nitrogen and oxygen atoms in total. The molecule has 15 heteroatoms. The summed E-state index contributed by atoms with van der Waals surface area (Å²) in [7, 11) is 3.47. The normalized spacial score (nSPS) is 17.6. The van der Waals surface area contributed by atoms with E-state index in [9.17, 15) is 13.8 Å². The van der Waals surface area contributed by atoms with Crippen LogP contribution in [0.3, 0.4) is 0 Å². The lowest BCUT2D eigenvalue weighted by Gasteiger charge is -2.39. The third-order valence-electron chi connectivity index (χ3n) is 6.12. The van der Waals surface area contributed by atoms with E-state index in [1.165, 1.54) is 4.31 Å². The van der Waals surface area contributed by atoms with E-state index in [1.807, 2.05) is 0 Å². The second kappa shape index (κ2) is 10.0. The summed E-state index contributed by atoms with van der Waals surface area (Å²) >= 11 is 5.94. The summed E-state index contributed by atoms with van der Waals surface area (Å²) in [5.74, 6) is 0.260. The van der Waals surface area contributed by atoms with Gasteiger partial charge in [-0.3, -0.25) is 19.9 Å². The quantitative estimate of drug-likeness (QED) is 0.426. The second-order valence-electron chi connectivity index (χ2n) is 8.76. The van der Waals surface area contributed by atoms with E-state index in [-0.39, 0.29) is 39.0 Å². The first kappa shape index (κ1) is 25.9. The van der Waals surface area contributed by atoms with Crippen LogP contribution in [0, 0.1) is 6.92 Å². The van der Waals surface area contributed by atoms with Gasteiger partial charge >= 0.3 is 0 Å². The van der Waals surface area contributed by atoms with Crippen molar-refractivity contribution in [2.45, 2.75) is 30.4 Å². The van der Waals surface area contributed by atoms with Crippen LogP contribution in [-0.2, 0) is 11.0 Å². The predicted molar refractivity (Wildman–Crippen MR) is 135 cm³/mol. The highest BCUT2D eigenvalue weighted by Gasteiger charge is 2.40. The number of aliphatic imine (C=N–C) groups is 1. The maximum absolute atomic E-state index is 13.1. The number of halogens is 1. The first-order valence-corrected chi connectivity index (χ1v) is 12.7. The van der Waals surface area contributed by atoms with Crippen molar-refractivity contribution in [3.8, 4) is 0 Å². The molecule has 0 radical (unpaired) electrons. The summed E-state index contributed by atoms with van der Waals surface area (Å²) in [4.78, 5) is 40.1. The maximum Gasteiger partial charge on any atom is 0.280 e. The number of nitrogens with zero attached hydrogens (tertiary/aromatic N) is 5. The molecule has 1 fully saturated rings. The van der Waals surface area contributed by atoms with Gasteiger partial charge in [0.05, 0.1) is 17.6 Å². The number of guanidine groups is 1. The van der Waals surface area contributed by atoms with Crippen LogP contribution in [0.1, 0.15) is 39.4 Å². The molecule has 4 heterocycles. The van der Waals surface area contributed by atoms with E-state index >= 15 is 0 Å². The van der Waals surface area contributed by atoms with E-state index in [1.54, 1.807) is 39.0 Å². The van der Waals surface area contributed by atoms with Crippen molar-refractivity contribution in [2.75, 3.05) is 51.8 Å². The maximum atomic E-state index is 13.1. The van der Waals surface area contributed by atoms with Crippen LogP contribution < -0.4 is 21.7 Å². The van der Waals surface area contributed by atoms with Gasteiger partial charge < -0.3 is 25.7 Å². The molecule has 2 aliphatic heterocycles. The Kier molecular flexibility index (Phi) is 7.20. The van der Waals surface area contributed by atoms with Gasteiger partial charge in [-0.25, -0.2) is 18.5 Å². The van der Waals surface area contributed by atoms with Gasteiger partial charge in [-0.1, -0.05) is 11.6 Å². The lowest BCUT2D eigenvalue weighted by molar-refractivity contribution is 0.0667. The number of nitrogen functional groups attached to an aromatic ring is 1. The Morgan fingerprint density at radius 1 is 1.31 bits per heavy atom. The molecule has 2 aromatic rings. The third-order valence-corrected chi connectivity index (χ3v) is 7.61. The number of nitrogens with two attached hydrogens (primary N) is 1. The highest BCUT2D eigenvalue weighted by Crippen LogP contribution is 2.28. The van der Waals surface area contributed by atoms with Gasteiger partial charge in [0.1, 0.15) is 5.76 Å². The third kappa shape index (κ3) is 5.01. The Morgan fingerprint density at radius 3 is 2.64 bits per heavy atom.